The lowest BCUT2D eigenvalue weighted by molar-refractivity contribution is -0.152. The number of carboxylic acids is 1. The maximum atomic E-state index is 12.0. The molecule has 2 heterocycles. The van der Waals surface area contributed by atoms with Crippen LogP contribution in [0.2, 0.25) is 0 Å². The molecule has 3 atom stereocenters. The van der Waals surface area contributed by atoms with Crippen molar-refractivity contribution < 1.29 is 19.4 Å². The lowest BCUT2D eigenvalue weighted by Crippen LogP contribution is -2.56. The number of likely N-dealkylation sites (tertiary alicyclic amines) is 1. The number of nitrogens with zero attached hydrogens (tertiary/aromatic N) is 1. The second-order valence-electron chi connectivity index (χ2n) is 4.94. The highest BCUT2D eigenvalue weighted by molar-refractivity contribution is 5.81. The molecule has 2 aliphatic rings. The molecular weight excluding hydrogens is 224 g/mol. The Morgan fingerprint density at radius 1 is 1.41 bits per heavy atom. The van der Waals surface area contributed by atoms with Gasteiger partial charge < -0.3 is 20.5 Å². The van der Waals surface area contributed by atoms with Crippen molar-refractivity contribution in [3.63, 3.8) is 0 Å². The Labute approximate surface area is 99.7 Å². The van der Waals surface area contributed by atoms with E-state index in [9.17, 15) is 9.59 Å². The maximum absolute atomic E-state index is 12.0. The van der Waals surface area contributed by atoms with Crippen molar-refractivity contribution in [2.45, 2.75) is 13.0 Å². The molecular formula is C11H18N2O4. The summed E-state index contributed by atoms with van der Waals surface area (Å²) in [6.45, 7) is 3.54. The van der Waals surface area contributed by atoms with Gasteiger partial charge in [-0.3, -0.25) is 9.59 Å². The number of ether oxygens (including phenoxy) is 1. The van der Waals surface area contributed by atoms with Gasteiger partial charge in [0.2, 0.25) is 5.91 Å². The molecule has 17 heavy (non-hydrogen) atoms. The van der Waals surface area contributed by atoms with Crippen LogP contribution in [-0.4, -0.2) is 54.2 Å². The second-order valence-corrected chi connectivity index (χ2v) is 4.94. The average Bonchev–Trinajstić information content (AvgIpc) is 2.61. The van der Waals surface area contributed by atoms with Gasteiger partial charge in [-0.2, -0.15) is 0 Å². The minimum absolute atomic E-state index is 0.00355. The molecule has 0 radical (unpaired) electrons. The Morgan fingerprint density at radius 3 is 2.53 bits per heavy atom. The van der Waals surface area contributed by atoms with Gasteiger partial charge in [-0.05, 0) is 0 Å². The standard InChI is InChI=1S/C11H18N2O4/c1-6(11(15)16)7-2-13(3-7)10(14)8-4-17-5-9(8)12/h6-9H,2-5,12H2,1H3,(H,15,16). The fourth-order valence-corrected chi connectivity index (χ4v) is 2.27. The number of carbonyl (C=O) groups is 2. The SMILES string of the molecule is CC(C(=O)O)C1CN(C(=O)C2COCC2N)C1. The minimum Gasteiger partial charge on any atom is -0.481 e. The summed E-state index contributed by atoms with van der Waals surface area (Å²) >= 11 is 0. The molecule has 3 N–H and O–H groups in total. The molecule has 2 fully saturated rings. The number of carbonyl (C=O) groups excluding carboxylic acids is 1. The first-order valence-electron chi connectivity index (χ1n) is 5.85. The zero-order valence-corrected chi connectivity index (χ0v) is 9.83. The van der Waals surface area contributed by atoms with Crippen LogP contribution in [-0.2, 0) is 14.3 Å². The van der Waals surface area contributed by atoms with Gasteiger partial charge in [0.1, 0.15) is 0 Å². The van der Waals surface area contributed by atoms with Crippen LogP contribution in [0.25, 0.3) is 0 Å². The molecule has 0 saturated carbocycles. The van der Waals surface area contributed by atoms with Gasteiger partial charge in [-0.25, -0.2) is 0 Å². The first-order chi connectivity index (χ1) is 8.00. The average molecular weight is 242 g/mol. The number of hydrogen-bond donors (Lipinski definition) is 2. The van der Waals surface area contributed by atoms with Crippen LogP contribution in [0, 0.1) is 17.8 Å². The van der Waals surface area contributed by atoms with E-state index < -0.39 is 11.9 Å². The summed E-state index contributed by atoms with van der Waals surface area (Å²) in [4.78, 5) is 24.5. The monoisotopic (exact) mass is 242 g/mol. The van der Waals surface area contributed by atoms with Gasteiger partial charge in [0.05, 0.1) is 25.0 Å². The summed E-state index contributed by atoms with van der Waals surface area (Å²) in [7, 11) is 0. The summed E-state index contributed by atoms with van der Waals surface area (Å²) in [6, 6.07) is -0.224. The Kier molecular flexibility index (Phi) is 3.35. The molecule has 0 aromatic heterocycles. The molecule has 0 spiro atoms. The summed E-state index contributed by atoms with van der Waals surface area (Å²) in [6.07, 6.45) is 0. The molecule has 96 valence electrons. The van der Waals surface area contributed by atoms with E-state index in [-0.39, 0.29) is 23.8 Å². The number of hydrogen-bond acceptors (Lipinski definition) is 4. The summed E-state index contributed by atoms with van der Waals surface area (Å²) in [5.74, 6) is -1.38. The van der Waals surface area contributed by atoms with Crippen LogP contribution in [0.1, 0.15) is 6.92 Å². The predicted molar refractivity (Wildman–Crippen MR) is 59.2 cm³/mol. The van der Waals surface area contributed by atoms with E-state index in [1.807, 2.05) is 0 Å². The van der Waals surface area contributed by atoms with Crippen molar-refractivity contribution in [2.75, 3.05) is 26.3 Å². The topological polar surface area (TPSA) is 92.9 Å². The zero-order valence-electron chi connectivity index (χ0n) is 9.83. The molecule has 6 heteroatoms. The van der Waals surface area contributed by atoms with Crippen molar-refractivity contribution in [1.82, 2.24) is 4.90 Å². The van der Waals surface area contributed by atoms with E-state index in [2.05, 4.69) is 0 Å². The van der Waals surface area contributed by atoms with Crippen LogP contribution < -0.4 is 5.73 Å². The van der Waals surface area contributed by atoms with Crippen LogP contribution in [0.4, 0.5) is 0 Å². The van der Waals surface area contributed by atoms with Gasteiger partial charge >= 0.3 is 5.97 Å². The van der Waals surface area contributed by atoms with Crippen LogP contribution >= 0.6 is 0 Å². The smallest absolute Gasteiger partial charge is 0.306 e. The summed E-state index contributed by atoms with van der Waals surface area (Å²) in [5, 5.41) is 8.85. The second kappa shape index (κ2) is 4.62. The largest absolute Gasteiger partial charge is 0.481 e. The Hall–Kier alpha value is -1.14. The van der Waals surface area contributed by atoms with E-state index in [1.54, 1.807) is 11.8 Å². The van der Waals surface area contributed by atoms with Gasteiger partial charge in [-0.15, -0.1) is 0 Å². The van der Waals surface area contributed by atoms with Gasteiger partial charge in [0, 0.05) is 25.0 Å². The fourth-order valence-electron chi connectivity index (χ4n) is 2.27. The Bertz CT molecular complexity index is 327. The van der Waals surface area contributed by atoms with E-state index in [1.165, 1.54) is 0 Å². The number of carboxylic acid groups (broad SMARTS) is 1. The Balaban J connectivity index is 1.83. The van der Waals surface area contributed by atoms with Gasteiger partial charge in [-0.1, -0.05) is 6.92 Å². The number of nitrogens with two attached hydrogens (primary N) is 1. The molecule has 1 amide bonds. The van der Waals surface area contributed by atoms with Crippen molar-refractivity contribution in [1.29, 1.82) is 0 Å². The zero-order chi connectivity index (χ0) is 12.6. The molecule has 0 bridgehead atoms. The van der Waals surface area contributed by atoms with Crippen molar-refractivity contribution in [2.24, 2.45) is 23.5 Å². The molecule has 0 aromatic rings. The van der Waals surface area contributed by atoms with Crippen LogP contribution in [0.15, 0.2) is 0 Å². The minimum atomic E-state index is -0.803. The van der Waals surface area contributed by atoms with Gasteiger partial charge in [0.25, 0.3) is 0 Å². The normalized spacial score (nSPS) is 31.1. The number of amides is 1. The molecule has 2 rings (SSSR count). The van der Waals surface area contributed by atoms with E-state index in [4.69, 9.17) is 15.6 Å². The molecule has 0 aliphatic carbocycles. The number of rotatable bonds is 3. The number of aliphatic carboxylic acids is 1. The molecule has 2 aliphatic heterocycles. The first kappa shape index (κ1) is 12.3. The Morgan fingerprint density at radius 2 is 2.06 bits per heavy atom. The predicted octanol–water partition coefficient (Wildman–Crippen LogP) is -0.861. The van der Waals surface area contributed by atoms with Crippen molar-refractivity contribution >= 4 is 11.9 Å². The van der Waals surface area contributed by atoms with Crippen molar-refractivity contribution in [3.8, 4) is 0 Å². The van der Waals surface area contributed by atoms with Gasteiger partial charge in [0.15, 0.2) is 0 Å². The molecule has 2 saturated heterocycles. The van der Waals surface area contributed by atoms with E-state index in [0.717, 1.165) is 0 Å². The molecule has 3 unspecified atom stereocenters. The third kappa shape index (κ3) is 2.28. The third-order valence-corrected chi connectivity index (χ3v) is 3.76. The van der Waals surface area contributed by atoms with Crippen molar-refractivity contribution in [3.05, 3.63) is 0 Å². The molecule has 0 aromatic carbocycles. The van der Waals surface area contributed by atoms with Crippen LogP contribution in [0.5, 0.6) is 0 Å². The molecule has 6 nitrogen and oxygen atoms in total. The lowest BCUT2D eigenvalue weighted by atomic mass is 9.86. The lowest BCUT2D eigenvalue weighted by Gasteiger charge is -2.42. The quantitative estimate of drug-likeness (QED) is 0.671. The fraction of sp³-hybridized carbons (Fsp3) is 0.818. The highest BCUT2D eigenvalue weighted by atomic mass is 16.5. The first-order valence-corrected chi connectivity index (χ1v) is 5.85. The highest BCUT2D eigenvalue weighted by Gasteiger charge is 2.42. The van der Waals surface area contributed by atoms with Crippen LogP contribution in [0.3, 0.4) is 0 Å². The maximum Gasteiger partial charge on any atom is 0.306 e. The van der Waals surface area contributed by atoms with E-state index in [0.29, 0.717) is 26.3 Å². The third-order valence-electron chi connectivity index (χ3n) is 3.76. The highest BCUT2D eigenvalue weighted by Crippen LogP contribution is 2.27. The summed E-state index contributed by atoms with van der Waals surface area (Å²) in [5.41, 5.74) is 5.77. The summed E-state index contributed by atoms with van der Waals surface area (Å²) < 4.78 is 5.16. The van der Waals surface area contributed by atoms with E-state index >= 15 is 0 Å².